The summed E-state index contributed by atoms with van der Waals surface area (Å²) in [5.74, 6) is 0.0617. The lowest BCUT2D eigenvalue weighted by atomic mass is 10.2. The van der Waals surface area contributed by atoms with Gasteiger partial charge in [-0.15, -0.1) is 6.58 Å². The van der Waals surface area contributed by atoms with Crippen LogP contribution in [0.4, 0.5) is 0 Å². The first-order chi connectivity index (χ1) is 7.61. The number of nitrogens with one attached hydrogen (secondary N) is 1. The Hall–Kier alpha value is -1.32. The van der Waals surface area contributed by atoms with Gasteiger partial charge in [-0.1, -0.05) is 19.4 Å². The van der Waals surface area contributed by atoms with E-state index >= 15 is 0 Å². The van der Waals surface area contributed by atoms with Gasteiger partial charge in [0.2, 0.25) is 11.8 Å². The summed E-state index contributed by atoms with van der Waals surface area (Å²) in [5.41, 5.74) is 0. The number of carbonyl (C=O) groups excluding carboxylic acids is 2. The number of hydrogen-bond acceptors (Lipinski definition) is 2. The number of carbonyl (C=O) groups is 2. The van der Waals surface area contributed by atoms with Gasteiger partial charge in [0.15, 0.2) is 0 Å². The highest BCUT2D eigenvalue weighted by molar-refractivity contribution is 5.76. The smallest absolute Gasteiger partial charge is 0.220 e. The molecule has 0 atom stereocenters. The van der Waals surface area contributed by atoms with Crippen LogP contribution in [-0.4, -0.2) is 36.3 Å². The molecule has 0 radical (unpaired) electrons. The zero-order valence-electron chi connectivity index (χ0n) is 10.3. The van der Waals surface area contributed by atoms with Crippen molar-refractivity contribution in [2.45, 2.75) is 33.1 Å². The van der Waals surface area contributed by atoms with Crippen LogP contribution < -0.4 is 5.32 Å². The van der Waals surface area contributed by atoms with Gasteiger partial charge in [-0.05, 0) is 6.42 Å². The molecule has 4 heteroatoms. The normalized spacial score (nSPS) is 9.62. The van der Waals surface area contributed by atoms with Crippen LogP contribution in [0.15, 0.2) is 12.7 Å². The molecule has 16 heavy (non-hydrogen) atoms. The van der Waals surface area contributed by atoms with E-state index < -0.39 is 0 Å². The monoisotopic (exact) mass is 226 g/mol. The van der Waals surface area contributed by atoms with Gasteiger partial charge in [0, 0.05) is 33.0 Å². The molecule has 4 nitrogen and oxygen atoms in total. The molecule has 0 saturated carbocycles. The third-order valence-electron chi connectivity index (χ3n) is 2.26. The molecule has 0 aromatic carbocycles. The van der Waals surface area contributed by atoms with Crippen LogP contribution in [0.1, 0.15) is 33.1 Å². The van der Waals surface area contributed by atoms with Crippen LogP contribution in [-0.2, 0) is 9.59 Å². The van der Waals surface area contributed by atoms with Gasteiger partial charge >= 0.3 is 0 Å². The second-order valence-electron chi connectivity index (χ2n) is 3.71. The van der Waals surface area contributed by atoms with E-state index in [2.05, 4.69) is 18.8 Å². The van der Waals surface area contributed by atoms with Gasteiger partial charge in [0.1, 0.15) is 0 Å². The van der Waals surface area contributed by atoms with Gasteiger partial charge in [-0.25, -0.2) is 0 Å². The Balaban J connectivity index is 3.72. The molecule has 92 valence electrons. The molecule has 0 bridgehead atoms. The van der Waals surface area contributed by atoms with Crippen LogP contribution in [0, 0.1) is 0 Å². The Kier molecular flexibility index (Phi) is 8.21. The molecule has 0 fully saturated rings. The summed E-state index contributed by atoms with van der Waals surface area (Å²) < 4.78 is 0. The van der Waals surface area contributed by atoms with Crippen molar-refractivity contribution in [1.29, 1.82) is 0 Å². The van der Waals surface area contributed by atoms with Crippen molar-refractivity contribution in [3.8, 4) is 0 Å². The summed E-state index contributed by atoms with van der Waals surface area (Å²) in [6.45, 7) is 8.73. The van der Waals surface area contributed by atoms with Gasteiger partial charge in [-0.2, -0.15) is 0 Å². The molecule has 0 saturated heterocycles. The molecular weight excluding hydrogens is 204 g/mol. The lowest BCUT2D eigenvalue weighted by molar-refractivity contribution is -0.129. The summed E-state index contributed by atoms with van der Waals surface area (Å²) in [7, 11) is 0. The molecule has 0 rings (SSSR count). The van der Waals surface area contributed by atoms with E-state index in [-0.39, 0.29) is 11.8 Å². The van der Waals surface area contributed by atoms with Crippen LogP contribution in [0.5, 0.6) is 0 Å². The minimum Gasteiger partial charge on any atom is -0.354 e. The fourth-order valence-corrected chi connectivity index (χ4v) is 1.29. The largest absolute Gasteiger partial charge is 0.354 e. The van der Waals surface area contributed by atoms with Crippen molar-refractivity contribution in [2.75, 3.05) is 19.6 Å². The van der Waals surface area contributed by atoms with Crippen molar-refractivity contribution in [3.05, 3.63) is 12.7 Å². The first-order valence-electron chi connectivity index (χ1n) is 5.75. The zero-order chi connectivity index (χ0) is 12.4. The van der Waals surface area contributed by atoms with Gasteiger partial charge in [-0.3, -0.25) is 9.59 Å². The second kappa shape index (κ2) is 8.95. The molecule has 0 aliphatic heterocycles. The second-order valence-corrected chi connectivity index (χ2v) is 3.71. The molecule has 0 heterocycles. The van der Waals surface area contributed by atoms with E-state index in [0.717, 1.165) is 12.8 Å². The highest BCUT2D eigenvalue weighted by atomic mass is 16.2. The maximum Gasteiger partial charge on any atom is 0.220 e. The predicted molar refractivity (Wildman–Crippen MR) is 65.0 cm³/mol. The SMILES string of the molecule is C=CCN(CCNC(=O)CCCC)C(C)=O. The highest BCUT2D eigenvalue weighted by Gasteiger charge is 2.06. The van der Waals surface area contributed by atoms with Crippen molar-refractivity contribution in [2.24, 2.45) is 0 Å². The molecule has 0 aromatic rings. The maximum atomic E-state index is 11.3. The van der Waals surface area contributed by atoms with E-state index in [4.69, 9.17) is 0 Å². The summed E-state index contributed by atoms with van der Waals surface area (Å²) in [5, 5.41) is 2.79. The van der Waals surface area contributed by atoms with E-state index in [1.807, 2.05) is 0 Å². The van der Waals surface area contributed by atoms with Crippen LogP contribution in [0.2, 0.25) is 0 Å². The number of rotatable bonds is 8. The van der Waals surface area contributed by atoms with Gasteiger partial charge < -0.3 is 10.2 Å². The average molecular weight is 226 g/mol. The first kappa shape index (κ1) is 14.7. The number of amides is 2. The van der Waals surface area contributed by atoms with Crippen LogP contribution in [0.25, 0.3) is 0 Å². The number of unbranched alkanes of at least 4 members (excludes halogenated alkanes) is 1. The molecule has 0 aromatic heterocycles. The Bertz CT molecular complexity index is 239. The van der Waals surface area contributed by atoms with Crippen molar-refractivity contribution in [1.82, 2.24) is 10.2 Å². The van der Waals surface area contributed by atoms with Crippen molar-refractivity contribution in [3.63, 3.8) is 0 Å². The van der Waals surface area contributed by atoms with E-state index in [9.17, 15) is 9.59 Å². The fourth-order valence-electron chi connectivity index (χ4n) is 1.29. The summed E-state index contributed by atoms with van der Waals surface area (Å²) in [6, 6.07) is 0. The first-order valence-corrected chi connectivity index (χ1v) is 5.75. The van der Waals surface area contributed by atoms with Crippen LogP contribution in [0.3, 0.4) is 0 Å². The zero-order valence-corrected chi connectivity index (χ0v) is 10.3. The Labute approximate surface area is 97.7 Å². The molecule has 1 N–H and O–H groups in total. The van der Waals surface area contributed by atoms with E-state index in [0.29, 0.717) is 26.1 Å². The predicted octanol–water partition coefficient (Wildman–Crippen LogP) is 1.33. The average Bonchev–Trinajstić information content (AvgIpc) is 2.25. The molecule has 0 unspecified atom stereocenters. The summed E-state index contributed by atoms with van der Waals surface area (Å²) in [6.07, 6.45) is 4.18. The van der Waals surface area contributed by atoms with Crippen molar-refractivity contribution < 1.29 is 9.59 Å². The highest BCUT2D eigenvalue weighted by Crippen LogP contribution is 1.93. The molecule has 0 aliphatic rings. The maximum absolute atomic E-state index is 11.3. The third kappa shape index (κ3) is 7.04. The van der Waals surface area contributed by atoms with Gasteiger partial charge in [0.25, 0.3) is 0 Å². The molecule has 2 amide bonds. The Morgan fingerprint density at radius 1 is 1.44 bits per heavy atom. The minimum atomic E-state index is 0.00251. The fraction of sp³-hybridized carbons (Fsp3) is 0.667. The Morgan fingerprint density at radius 2 is 2.12 bits per heavy atom. The van der Waals surface area contributed by atoms with Gasteiger partial charge in [0.05, 0.1) is 0 Å². The quantitative estimate of drug-likeness (QED) is 0.635. The van der Waals surface area contributed by atoms with Crippen LogP contribution >= 0.6 is 0 Å². The molecule has 0 spiro atoms. The summed E-state index contributed by atoms with van der Waals surface area (Å²) >= 11 is 0. The standard InChI is InChI=1S/C12H22N2O2/c1-4-6-7-12(16)13-8-10-14(9-5-2)11(3)15/h5H,2,4,6-10H2,1,3H3,(H,13,16). The topological polar surface area (TPSA) is 49.4 Å². The minimum absolute atomic E-state index is 0.00251. The lowest BCUT2D eigenvalue weighted by Crippen LogP contribution is -2.37. The van der Waals surface area contributed by atoms with Crippen molar-refractivity contribution >= 4 is 11.8 Å². The Morgan fingerprint density at radius 3 is 2.62 bits per heavy atom. The number of nitrogens with zero attached hydrogens (tertiary/aromatic N) is 1. The summed E-state index contributed by atoms with van der Waals surface area (Å²) in [4.78, 5) is 24.1. The lowest BCUT2D eigenvalue weighted by Gasteiger charge is -2.19. The molecular formula is C12H22N2O2. The van der Waals surface area contributed by atoms with E-state index in [1.165, 1.54) is 6.92 Å². The number of hydrogen-bond donors (Lipinski definition) is 1. The molecule has 0 aliphatic carbocycles. The van der Waals surface area contributed by atoms with E-state index in [1.54, 1.807) is 11.0 Å². The third-order valence-corrected chi connectivity index (χ3v) is 2.26.